The first-order chi connectivity index (χ1) is 20.6. The maximum absolute atomic E-state index is 12.8. The van der Waals surface area contributed by atoms with Gasteiger partial charge in [-0.2, -0.15) is 0 Å². The van der Waals surface area contributed by atoms with E-state index in [1.807, 2.05) is 0 Å². The number of carbonyl (C=O) groups is 1. The van der Waals surface area contributed by atoms with Crippen LogP contribution in [0.4, 0.5) is 0 Å². The molecule has 6 rings (SSSR count). The van der Waals surface area contributed by atoms with Crippen LogP contribution in [0.1, 0.15) is 97.5 Å². The van der Waals surface area contributed by atoms with E-state index >= 15 is 0 Å². The largest absolute Gasteiger partial charge is 0.393 e. The van der Waals surface area contributed by atoms with Crippen LogP contribution in [-0.4, -0.2) is 60.5 Å². The molecule has 0 aromatic heterocycles. The first-order valence-corrected chi connectivity index (χ1v) is 17.2. The molecule has 0 radical (unpaired) electrons. The minimum Gasteiger partial charge on any atom is -0.393 e. The molecule has 0 unspecified atom stereocenters. The number of carbonyl (C=O) groups excluding carboxylic acids is 1. The van der Waals surface area contributed by atoms with Gasteiger partial charge in [-0.05, 0) is 124 Å². The second-order valence-electron chi connectivity index (χ2n) is 15.5. The minimum atomic E-state index is -0.117. The smallest absolute Gasteiger partial charge is 0.260 e. The van der Waals surface area contributed by atoms with Crippen LogP contribution < -0.4 is 5.32 Å². The summed E-state index contributed by atoms with van der Waals surface area (Å²) in [5, 5.41) is 18.3. The Morgan fingerprint density at radius 3 is 2.65 bits per heavy atom. The summed E-state index contributed by atoms with van der Waals surface area (Å²) in [6, 6.07) is 11.4. The highest BCUT2D eigenvalue weighted by atomic mass is 16.6. The number of benzene rings is 1. The zero-order valence-corrected chi connectivity index (χ0v) is 27.3. The SMILES string of the molecule is C[C@@H]1C[C@@](CCNC(=O)CO/N=C2/C=C3CC[C@H]4[C@@H]5CC[C@H](O)[C@@]5(C)CC[C@@H]4[C@@]3(C)CC2)(c2ccccc2)[C@H](C)CN1C. The average molecular weight is 590 g/mol. The number of hydrogen-bond acceptors (Lipinski definition) is 5. The fraction of sp³-hybridized carbons (Fsp3) is 0.730. The predicted octanol–water partition coefficient (Wildman–Crippen LogP) is 6.49. The highest BCUT2D eigenvalue weighted by Gasteiger charge is 2.58. The van der Waals surface area contributed by atoms with Crippen LogP contribution in [0.3, 0.4) is 0 Å². The van der Waals surface area contributed by atoms with Crippen LogP contribution in [0.15, 0.2) is 47.1 Å². The number of aliphatic hydroxyl groups is 1. The lowest BCUT2D eigenvalue weighted by Crippen LogP contribution is -2.52. The van der Waals surface area contributed by atoms with E-state index < -0.39 is 0 Å². The van der Waals surface area contributed by atoms with Gasteiger partial charge < -0.3 is 20.2 Å². The van der Waals surface area contributed by atoms with Crippen molar-refractivity contribution in [1.29, 1.82) is 0 Å². The lowest BCUT2D eigenvalue weighted by atomic mass is 9.47. The molecule has 1 aromatic carbocycles. The number of rotatable bonds is 7. The molecule has 43 heavy (non-hydrogen) atoms. The Kier molecular flexibility index (Phi) is 8.58. The van der Waals surface area contributed by atoms with Crippen molar-refractivity contribution >= 4 is 11.6 Å². The monoisotopic (exact) mass is 589 g/mol. The molecule has 1 aromatic rings. The third kappa shape index (κ3) is 5.49. The zero-order chi connectivity index (χ0) is 30.4. The summed E-state index contributed by atoms with van der Waals surface area (Å²) in [6.07, 6.45) is 13.1. The summed E-state index contributed by atoms with van der Waals surface area (Å²) in [5.41, 5.74) is 4.30. The van der Waals surface area contributed by atoms with Crippen LogP contribution >= 0.6 is 0 Å². The lowest BCUT2D eigenvalue weighted by molar-refractivity contribution is -0.125. The van der Waals surface area contributed by atoms with E-state index in [0.717, 1.165) is 63.1 Å². The minimum absolute atomic E-state index is 0.0374. The van der Waals surface area contributed by atoms with Gasteiger partial charge in [0, 0.05) is 24.5 Å². The number of oxime groups is 1. The van der Waals surface area contributed by atoms with Crippen LogP contribution in [0.2, 0.25) is 0 Å². The van der Waals surface area contributed by atoms with Crippen molar-refractivity contribution < 1.29 is 14.7 Å². The summed E-state index contributed by atoms with van der Waals surface area (Å²) < 4.78 is 0. The summed E-state index contributed by atoms with van der Waals surface area (Å²) >= 11 is 0. The summed E-state index contributed by atoms with van der Waals surface area (Å²) in [6.45, 7) is 11.2. The van der Waals surface area contributed by atoms with Gasteiger partial charge >= 0.3 is 0 Å². The Morgan fingerprint density at radius 1 is 1.07 bits per heavy atom. The quantitative estimate of drug-likeness (QED) is 0.357. The Balaban J connectivity index is 1.03. The van der Waals surface area contributed by atoms with E-state index in [1.165, 1.54) is 30.4 Å². The van der Waals surface area contributed by atoms with Crippen molar-refractivity contribution in [3.8, 4) is 0 Å². The van der Waals surface area contributed by atoms with Gasteiger partial charge in [0.15, 0.2) is 6.61 Å². The second kappa shape index (κ2) is 12.0. The zero-order valence-electron chi connectivity index (χ0n) is 27.3. The summed E-state index contributed by atoms with van der Waals surface area (Å²) in [4.78, 5) is 20.9. The van der Waals surface area contributed by atoms with Gasteiger partial charge in [0.1, 0.15) is 0 Å². The summed E-state index contributed by atoms with van der Waals surface area (Å²) in [5.74, 6) is 2.51. The number of amides is 1. The first-order valence-electron chi connectivity index (χ1n) is 17.2. The highest BCUT2D eigenvalue weighted by Crippen LogP contribution is 2.65. The third-order valence-corrected chi connectivity index (χ3v) is 13.5. The van der Waals surface area contributed by atoms with Crippen LogP contribution in [0.25, 0.3) is 0 Å². The highest BCUT2D eigenvalue weighted by molar-refractivity contribution is 5.96. The molecule has 1 amide bonds. The Hall–Kier alpha value is -2.18. The van der Waals surface area contributed by atoms with Gasteiger partial charge in [-0.3, -0.25) is 4.79 Å². The number of nitrogens with one attached hydrogen (secondary N) is 1. The topological polar surface area (TPSA) is 74.2 Å². The molecule has 6 nitrogen and oxygen atoms in total. The van der Waals surface area contributed by atoms with Crippen LogP contribution in [-0.2, 0) is 15.0 Å². The molecule has 1 aliphatic heterocycles. The van der Waals surface area contributed by atoms with Crippen molar-refractivity contribution in [2.75, 3.05) is 26.7 Å². The number of fused-ring (bicyclic) bond motifs is 5. The maximum atomic E-state index is 12.8. The first kappa shape index (κ1) is 30.8. The van der Waals surface area contributed by atoms with E-state index in [-0.39, 0.29) is 34.9 Å². The molecule has 3 saturated carbocycles. The standard InChI is InChI=1S/C37H55N3O3/c1-25-23-40(5)26(2)22-37(25,27-9-7-6-8-10-27)19-20-38-34(42)24-43-39-29-15-17-35(3)28(21-29)11-12-30-31-13-14-33(41)36(31,4)18-16-32(30)35/h6-10,21,25-26,30-33,41H,11-20,22-24H2,1-5H3,(H,38,42)/b39-29+/t25-,26-,30+,31+,32+,33+,35+,36+,37-/m1/s1. The molecular formula is C37H55N3O3. The van der Waals surface area contributed by atoms with Crippen molar-refractivity contribution in [2.24, 2.45) is 39.7 Å². The van der Waals surface area contributed by atoms with Gasteiger partial charge in [0.2, 0.25) is 0 Å². The Bertz CT molecular complexity index is 1230. The number of aliphatic hydroxyl groups excluding tert-OH is 1. The van der Waals surface area contributed by atoms with Crippen molar-refractivity contribution in [3.05, 3.63) is 47.5 Å². The number of hydrogen-bond donors (Lipinski definition) is 2. The number of nitrogens with zero attached hydrogens (tertiary/aromatic N) is 2. The van der Waals surface area contributed by atoms with Crippen molar-refractivity contribution in [1.82, 2.24) is 10.2 Å². The Morgan fingerprint density at radius 2 is 1.86 bits per heavy atom. The van der Waals surface area contributed by atoms with Gasteiger partial charge in [-0.15, -0.1) is 0 Å². The van der Waals surface area contributed by atoms with Gasteiger partial charge in [0.25, 0.3) is 5.91 Å². The predicted molar refractivity (Wildman–Crippen MR) is 173 cm³/mol. The van der Waals surface area contributed by atoms with E-state index in [9.17, 15) is 9.90 Å². The van der Waals surface area contributed by atoms with E-state index in [1.54, 1.807) is 0 Å². The van der Waals surface area contributed by atoms with Crippen molar-refractivity contribution in [3.63, 3.8) is 0 Å². The van der Waals surface area contributed by atoms with Gasteiger partial charge in [-0.1, -0.05) is 61.8 Å². The third-order valence-electron chi connectivity index (χ3n) is 13.5. The molecule has 4 fully saturated rings. The van der Waals surface area contributed by atoms with Gasteiger partial charge in [-0.25, -0.2) is 0 Å². The van der Waals surface area contributed by atoms with E-state index in [4.69, 9.17) is 4.84 Å². The second-order valence-corrected chi connectivity index (χ2v) is 15.5. The van der Waals surface area contributed by atoms with Gasteiger partial charge in [0.05, 0.1) is 11.8 Å². The Labute approximate surface area is 259 Å². The normalized spacial score (nSPS) is 42.0. The van der Waals surface area contributed by atoms with E-state index in [0.29, 0.717) is 30.3 Å². The molecule has 5 aliphatic rings. The lowest BCUT2D eigenvalue weighted by Gasteiger charge is -2.57. The molecule has 1 saturated heterocycles. The number of allylic oxidation sites excluding steroid dienone is 2. The fourth-order valence-electron chi connectivity index (χ4n) is 10.6. The molecule has 236 valence electrons. The molecule has 6 heteroatoms. The molecule has 1 heterocycles. The van der Waals surface area contributed by atoms with Crippen molar-refractivity contribution in [2.45, 2.75) is 109 Å². The fourth-order valence-corrected chi connectivity index (χ4v) is 10.6. The molecule has 9 atom stereocenters. The molecule has 0 spiro atoms. The summed E-state index contributed by atoms with van der Waals surface area (Å²) in [7, 11) is 2.22. The number of likely N-dealkylation sites (tertiary alicyclic amines) is 1. The molecular weight excluding hydrogens is 534 g/mol. The van der Waals surface area contributed by atoms with E-state index in [2.05, 4.69) is 86.5 Å². The average Bonchev–Trinajstić information content (AvgIpc) is 3.30. The van der Waals surface area contributed by atoms with Crippen LogP contribution in [0.5, 0.6) is 0 Å². The maximum Gasteiger partial charge on any atom is 0.260 e. The van der Waals surface area contributed by atoms with Crippen LogP contribution in [0, 0.1) is 34.5 Å². The number of piperidine rings is 1. The molecule has 4 aliphatic carbocycles. The molecule has 2 N–H and O–H groups in total. The molecule has 0 bridgehead atoms.